The van der Waals surface area contributed by atoms with Gasteiger partial charge in [-0.3, -0.25) is 9.36 Å². The van der Waals surface area contributed by atoms with Crippen molar-refractivity contribution in [2.45, 2.75) is 18.1 Å². The van der Waals surface area contributed by atoms with Gasteiger partial charge in [0.2, 0.25) is 5.91 Å². The van der Waals surface area contributed by atoms with Gasteiger partial charge in [-0.2, -0.15) is 0 Å². The summed E-state index contributed by atoms with van der Waals surface area (Å²) in [4.78, 5) is 12.2. The van der Waals surface area contributed by atoms with Gasteiger partial charge in [-0.05, 0) is 25.1 Å². The number of amides is 1. The van der Waals surface area contributed by atoms with E-state index in [9.17, 15) is 13.6 Å². The topological polar surface area (TPSA) is 59.8 Å². The molecule has 2 aromatic carbocycles. The monoisotopic (exact) mass is 374 g/mol. The van der Waals surface area contributed by atoms with Gasteiger partial charge in [-0.25, -0.2) is 8.78 Å². The first-order valence-electron chi connectivity index (χ1n) is 7.87. The predicted molar refractivity (Wildman–Crippen MR) is 95.0 cm³/mol. The van der Waals surface area contributed by atoms with E-state index in [2.05, 4.69) is 15.5 Å². The molecule has 0 spiro atoms. The molecule has 0 aliphatic rings. The van der Waals surface area contributed by atoms with Crippen LogP contribution in [0.5, 0.6) is 0 Å². The number of aromatic nitrogens is 3. The molecule has 1 heterocycles. The third-order valence-electron chi connectivity index (χ3n) is 3.69. The van der Waals surface area contributed by atoms with Crippen LogP contribution >= 0.6 is 11.8 Å². The second kappa shape index (κ2) is 8.09. The van der Waals surface area contributed by atoms with Crippen molar-refractivity contribution in [1.82, 2.24) is 20.1 Å². The lowest BCUT2D eigenvalue weighted by Crippen LogP contribution is -2.28. The van der Waals surface area contributed by atoms with Crippen LogP contribution < -0.4 is 5.32 Å². The van der Waals surface area contributed by atoms with Crippen molar-refractivity contribution in [1.29, 1.82) is 0 Å². The third-order valence-corrected chi connectivity index (χ3v) is 4.63. The maximum absolute atomic E-state index is 13.8. The fourth-order valence-corrected chi connectivity index (χ4v) is 3.17. The van der Waals surface area contributed by atoms with Crippen molar-refractivity contribution in [3.05, 3.63) is 72.1 Å². The third kappa shape index (κ3) is 4.26. The Hall–Kier alpha value is -2.74. The minimum atomic E-state index is -0.686. The van der Waals surface area contributed by atoms with E-state index in [4.69, 9.17) is 0 Å². The molecule has 0 aliphatic carbocycles. The molecular formula is C18H16F2N4OS. The van der Waals surface area contributed by atoms with Crippen LogP contribution in [0.1, 0.15) is 18.5 Å². The average molecular weight is 374 g/mol. The lowest BCUT2D eigenvalue weighted by molar-refractivity contribution is -0.119. The van der Waals surface area contributed by atoms with Crippen LogP contribution in [0.3, 0.4) is 0 Å². The number of hydrogen-bond acceptors (Lipinski definition) is 4. The normalized spacial score (nSPS) is 12.0. The molecule has 0 saturated carbocycles. The molecule has 1 atom stereocenters. The number of carbonyl (C=O) groups is 1. The summed E-state index contributed by atoms with van der Waals surface area (Å²) < 4.78 is 28.5. The van der Waals surface area contributed by atoms with E-state index in [1.807, 2.05) is 30.3 Å². The quantitative estimate of drug-likeness (QED) is 0.671. The molecule has 26 heavy (non-hydrogen) atoms. The number of thioether (sulfide) groups is 1. The highest BCUT2D eigenvalue weighted by atomic mass is 32.2. The molecule has 1 amide bonds. The molecule has 8 heteroatoms. The molecule has 0 bridgehead atoms. The molecule has 0 aliphatic heterocycles. The van der Waals surface area contributed by atoms with Gasteiger partial charge in [0.1, 0.15) is 18.0 Å². The highest BCUT2D eigenvalue weighted by molar-refractivity contribution is 7.99. The van der Waals surface area contributed by atoms with Gasteiger partial charge in [0.15, 0.2) is 5.16 Å². The van der Waals surface area contributed by atoms with E-state index in [-0.39, 0.29) is 17.2 Å². The second-order valence-corrected chi connectivity index (χ2v) is 6.51. The zero-order chi connectivity index (χ0) is 18.5. The van der Waals surface area contributed by atoms with Crippen molar-refractivity contribution in [3.63, 3.8) is 0 Å². The minimum absolute atomic E-state index is 0.0959. The SMILES string of the molecule is CC(NC(=O)CSc1nncn1-c1ccccc1)c1ccc(F)cc1F. The van der Waals surface area contributed by atoms with Crippen LogP contribution in [0.15, 0.2) is 60.0 Å². The first kappa shape index (κ1) is 18.1. The molecular weight excluding hydrogens is 358 g/mol. The number of benzene rings is 2. The maximum atomic E-state index is 13.8. The Morgan fingerprint density at radius 2 is 2.00 bits per heavy atom. The lowest BCUT2D eigenvalue weighted by Gasteiger charge is -2.15. The Morgan fingerprint density at radius 3 is 2.73 bits per heavy atom. The number of carbonyl (C=O) groups excluding carboxylic acids is 1. The van der Waals surface area contributed by atoms with E-state index in [1.165, 1.54) is 17.8 Å². The molecule has 3 rings (SSSR count). The van der Waals surface area contributed by atoms with Gasteiger partial charge in [0, 0.05) is 17.3 Å². The van der Waals surface area contributed by atoms with E-state index in [1.54, 1.807) is 17.8 Å². The van der Waals surface area contributed by atoms with E-state index in [0.29, 0.717) is 5.16 Å². The maximum Gasteiger partial charge on any atom is 0.230 e. The number of nitrogens with one attached hydrogen (secondary N) is 1. The Kier molecular flexibility index (Phi) is 5.62. The molecule has 3 aromatic rings. The summed E-state index contributed by atoms with van der Waals surface area (Å²) in [5, 5.41) is 11.2. The Morgan fingerprint density at radius 1 is 1.23 bits per heavy atom. The number of halogens is 2. The van der Waals surface area contributed by atoms with Crippen molar-refractivity contribution >= 4 is 17.7 Å². The summed E-state index contributed by atoms with van der Waals surface area (Å²) in [6.07, 6.45) is 1.58. The summed E-state index contributed by atoms with van der Waals surface area (Å²) in [6.45, 7) is 1.64. The Bertz CT molecular complexity index is 901. The van der Waals surface area contributed by atoms with Crippen molar-refractivity contribution in [2.75, 3.05) is 5.75 Å². The highest BCUT2D eigenvalue weighted by Gasteiger charge is 2.16. The van der Waals surface area contributed by atoms with Gasteiger partial charge in [0.05, 0.1) is 11.8 Å². The largest absolute Gasteiger partial charge is 0.349 e. The average Bonchev–Trinajstić information content (AvgIpc) is 3.09. The van der Waals surface area contributed by atoms with Crippen LogP contribution in [0.4, 0.5) is 8.78 Å². The fourth-order valence-electron chi connectivity index (χ4n) is 2.43. The lowest BCUT2D eigenvalue weighted by atomic mass is 10.1. The number of para-hydroxylation sites is 1. The Labute approximate surface area is 153 Å². The fraction of sp³-hybridized carbons (Fsp3) is 0.167. The second-order valence-electron chi connectivity index (χ2n) is 5.56. The van der Waals surface area contributed by atoms with Crippen LogP contribution in [0, 0.1) is 11.6 Å². The Balaban J connectivity index is 1.61. The minimum Gasteiger partial charge on any atom is -0.349 e. The zero-order valence-corrected chi connectivity index (χ0v) is 14.7. The standard InChI is InChI=1S/C18H16F2N4OS/c1-12(15-8-7-13(19)9-16(15)20)22-17(25)10-26-18-23-21-11-24(18)14-5-3-2-4-6-14/h2-9,11-12H,10H2,1H3,(H,22,25). The van der Waals surface area contributed by atoms with Crippen molar-refractivity contribution in [3.8, 4) is 5.69 Å². The first-order valence-corrected chi connectivity index (χ1v) is 8.85. The van der Waals surface area contributed by atoms with Crippen LogP contribution in [-0.2, 0) is 4.79 Å². The highest BCUT2D eigenvalue weighted by Crippen LogP contribution is 2.21. The molecule has 1 aromatic heterocycles. The predicted octanol–water partition coefficient (Wildman–Crippen LogP) is 3.52. The summed E-state index contributed by atoms with van der Waals surface area (Å²) in [6, 6.07) is 12.2. The van der Waals surface area contributed by atoms with E-state index < -0.39 is 17.7 Å². The van der Waals surface area contributed by atoms with Gasteiger partial charge < -0.3 is 5.32 Å². The molecule has 5 nitrogen and oxygen atoms in total. The van der Waals surface area contributed by atoms with Crippen LogP contribution in [0.25, 0.3) is 5.69 Å². The van der Waals surface area contributed by atoms with Crippen LogP contribution in [-0.4, -0.2) is 26.4 Å². The molecule has 1 N–H and O–H groups in total. The van der Waals surface area contributed by atoms with Gasteiger partial charge in [0.25, 0.3) is 0 Å². The smallest absolute Gasteiger partial charge is 0.230 e. The molecule has 1 unspecified atom stereocenters. The first-order chi connectivity index (χ1) is 12.5. The summed E-state index contributed by atoms with van der Waals surface area (Å²) >= 11 is 1.22. The van der Waals surface area contributed by atoms with Crippen molar-refractivity contribution in [2.24, 2.45) is 0 Å². The van der Waals surface area contributed by atoms with Gasteiger partial charge in [-0.15, -0.1) is 10.2 Å². The summed E-state index contributed by atoms with van der Waals surface area (Å²) in [5.41, 5.74) is 1.12. The molecule has 134 valence electrons. The molecule has 0 saturated heterocycles. The van der Waals surface area contributed by atoms with Gasteiger partial charge in [-0.1, -0.05) is 36.0 Å². The number of nitrogens with zero attached hydrogens (tertiary/aromatic N) is 3. The summed E-state index contributed by atoms with van der Waals surface area (Å²) in [7, 11) is 0. The van der Waals surface area contributed by atoms with Gasteiger partial charge >= 0.3 is 0 Å². The van der Waals surface area contributed by atoms with Crippen LogP contribution in [0.2, 0.25) is 0 Å². The molecule has 0 radical (unpaired) electrons. The number of hydrogen-bond donors (Lipinski definition) is 1. The zero-order valence-electron chi connectivity index (χ0n) is 13.9. The molecule has 0 fully saturated rings. The van der Waals surface area contributed by atoms with E-state index in [0.717, 1.165) is 17.8 Å². The summed E-state index contributed by atoms with van der Waals surface area (Å²) in [5.74, 6) is -1.53. The number of rotatable bonds is 6. The van der Waals surface area contributed by atoms with Crippen molar-refractivity contribution < 1.29 is 13.6 Å². The van der Waals surface area contributed by atoms with E-state index >= 15 is 0 Å².